The molecule has 0 aliphatic rings. The van der Waals surface area contributed by atoms with Crippen LogP contribution in [0, 0.1) is 11.9 Å². The van der Waals surface area contributed by atoms with Crippen LogP contribution in [0.15, 0.2) is 12.1 Å². The number of rotatable bonds is 4. The number of halogens is 2. The average molecular weight is 215 g/mol. The number of hydrogen-bond acceptors (Lipinski definition) is 3. The minimum Gasteiger partial charge on any atom is -0.462 e. The molecule has 0 saturated carbocycles. The Morgan fingerprint density at radius 3 is 2.80 bits per heavy atom. The highest BCUT2D eigenvalue weighted by Crippen LogP contribution is 2.07. The smallest absolute Gasteiger partial charge is 0.342 e. The minimum absolute atomic E-state index is 0.228. The maximum Gasteiger partial charge on any atom is 0.342 e. The third-order valence-electron chi connectivity index (χ3n) is 1.77. The standard InChI is InChI=1S/C10H11F2NO2/c1-2-3-6-15-10(14)7-4-5-8(11)13-9(7)12/h4-5H,2-3,6H2,1H3. The van der Waals surface area contributed by atoms with Gasteiger partial charge in [-0.2, -0.15) is 13.8 Å². The summed E-state index contributed by atoms with van der Waals surface area (Å²) in [7, 11) is 0. The molecule has 82 valence electrons. The number of ether oxygens (including phenoxy) is 1. The predicted molar refractivity (Wildman–Crippen MR) is 49.3 cm³/mol. The summed E-state index contributed by atoms with van der Waals surface area (Å²) in [6, 6.07) is 1.94. The number of esters is 1. The quantitative estimate of drug-likeness (QED) is 0.439. The van der Waals surface area contributed by atoms with Crippen molar-refractivity contribution in [2.75, 3.05) is 6.61 Å². The summed E-state index contributed by atoms with van der Waals surface area (Å²) in [5, 5.41) is 0. The van der Waals surface area contributed by atoms with Gasteiger partial charge in [-0.1, -0.05) is 13.3 Å². The van der Waals surface area contributed by atoms with Crippen molar-refractivity contribution in [3.8, 4) is 0 Å². The first-order valence-corrected chi connectivity index (χ1v) is 4.64. The summed E-state index contributed by atoms with van der Waals surface area (Å²) >= 11 is 0. The second-order valence-electron chi connectivity index (χ2n) is 2.96. The van der Waals surface area contributed by atoms with Gasteiger partial charge in [0, 0.05) is 0 Å². The molecule has 0 spiro atoms. The van der Waals surface area contributed by atoms with Crippen LogP contribution in [0.5, 0.6) is 0 Å². The van der Waals surface area contributed by atoms with Gasteiger partial charge in [0.15, 0.2) is 0 Å². The van der Waals surface area contributed by atoms with Crippen LogP contribution in [0.4, 0.5) is 8.78 Å². The van der Waals surface area contributed by atoms with Crippen molar-refractivity contribution in [1.29, 1.82) is 0 Å². The van der Waals surface area contributed by atoms with Crippen LogP contribution >= 0.6 is 0 Å². The first kappa shape index (κ1) is 11.6. The number of hydrogen-bond donors (Lipinski definition) is 0. The van der Waals surface area contributed by atoms with E-state index in [9.17, 15) is 13.6 Å². The van der Waals surface area contributed by atoms with Crippen LogP contribution in [0.1, 0.15) is 30.1 Å². The van der Waals surface area contributed by atoms with E-state index >= 15 is 0 Å². The number of pyridine rings is 1. The Morgan fingerprint density at radius 1 is 1.47 bits per heavy atom. The summed E-state index contributed by atoms with van der Waals surface area (Å²) < 4.78 is 30.1. The molecule has 0 unspecified atom stereocenters. The Hall–Kier alpha value is -1.52. The molecule has 0 saturated heterocycles. The van der Waals surface area contributed by atoms with Crippen LogP contribution in [0.25, 0.3) is 0 Å². The van der Waals surface area contributed by atoms with Crippen LogP contribution in [0.2, 0.25) is 0 Å². The van der Waals surface area contributed by atoms with Gasteiger partial charge in [-0.3, -0.25) is 0 Å². The molecule has 0 aliphatic carbocycles. The first-order chi connectivity index (χ1) is 7.15. The first-order valence-electron chi connectivity index (χ1n) is 4.64. The summed E-state index contributed by atoms with van der Waals surface area (Å²) in [6.45, 7) is 2.17. The van der Waals surface area contributed by atoms with Crippen molar-refractivity contribution in [2.24, 2.45) is 0 Å². The molecule has 1 aromatic rings. The van der Waals surface area contributed by atoms with E-state index in [1.54, 1.807) is 0 Å². The lowest BCUT2D eigenvalue weighted by molar-refractivity contribution is 0.0493. The van der Waals surface area contributed by atoms with Crippen molar-refractivity contribution >= 4 is 5.97 Å². The number of carbonyl (C=O) groups is 1. The fraction of sp³-hybridized carbons (Fsp3) is 0.400. The molecule has 0 atom stereocenters. The zero-order chi connectivity index (χ0) is 11.3. The zero-order valence-electron chi connectivity index (χ0n) is 8.30. The van der Waals surface area contributed by atoms with E-state index in [0.29, 0.717) is 6.42 Å². The van der Waals surface area contributed by atoms with E-state index in [1.807, 2.05) is 6.92 Å². The highest BCUT2D eigenvalue weighted by molar-refractivity contribution is 5.89. The van der Waals surface area contributed by atoms with Crippen LogP contribution in [-0.4, -0.2) is 17.6 Å². The Labute approximate surface area is 86.1 Å². The maximum atomic E-state index is 13.0. The van der Waals surface area contributed by atoms with E-state index in [0.717, 1.165) is 18.6 Å². The minimum atomic E-state index is -1.14. The summed E-state index contributed by atoms with van der Waals surface area (Å²) in [5.74, 6) is -2.91. The van der Waals surface area contributed by atoms with Gasteiger partial charge in [0.1, 0.15) is 5.56 Å². The molecule has 0 N–H and O–H groups in total. The van der Waals surface area contributed by atoms with E-state index in [-0.39, 0.29) is 12.2 Å². The lowest BCUT2D eigenvalue weighted by Crippen LogP contribution is -2.10. The molecule has 3 nitrogen and oxygen atoms in total. The number of carbonyl (C=O) groups excluding carboxylic acids is 1. The molecule has 0 fully saturated rings. The van der Waals surface area contributed by atoms with E-state index in [2.05, 4.69) is 4.98 Å². The number of unbranched alkanes of at least 4 members (excludes halogenated alkanes) is 1. The molecule has 0 amide bonds. The van der Waals surface area contributed by atoms with Crippen molar-refractivity contribution in [3.63, 3.8) is 0 Å². The second-order valence-corrected chi connectivity index (χ2v) is 2.96. The summed E-state index contributed by atoms with van der Waals surface area (Å²) in [6.07, 6.45) is 1.58. The van der Waals surface area contributed by atoms with Gasteiger partial charge in [0.05, 0.1) is 6.61 Å². The second kappa shape index (κ2) is 5.38. The van der Waals surface area contributed by atoms with Gasteiger partial charge in [-0.15, -0.1) is 0 Å². The lowest BCUT2D eigenvalue weighted by atomic mass is 10.3. The van der Waals surface area contributed by atoms with Gasteiger partial charge in [-0.25, -0.2) is 4.79 Å². The third-order valence-corrected chi connectivity index (χ3v) is 1.77. The van der Waals surface area contributed by atoms with Gasteiger partial charge in [-0.05, 0) is 18.6 Å². The normalized spacial score (nSPS) is 10.1. The van der Waals surface area contributed by atoms with Crippen molar-refractivity contribution in [1.82, 2.24) is 4.98 Å². The van der Waals surface area contributed by atoms with E-state index < -0.39 is 17.9 Å². The number of aromatic nitrogens is 1. The van der Waals surface area contributed by atoms with Crippen LogP contribution in [-0.2, 0) is 4.74 Å². The molecule has 1 aromatic heterocycles. The van der Waals surface area contributed by atoms with E-state index in [1.165, 1.54) is 0 Å². The van der Waals surface area contributed by atoms with Crippen LogP contribution in [0.3, 0.4) is 0 Å². The molecular formula is C10H11F2NO2. The molecule has 5 heteroatoms. The van der Waals surface area contributed by atoms with Crippen LogP contribution < -0.4 is 0 Å². The highest BCUT2D eigenvalue weighted by atomic mass is 19.1. The van der Waals surface area contributed by atoms with Crippen molar-refractivity contribution < 1.29 is 18.3 Å². The van der Waals surface area contributed by atoms with Crippen molar-refractivity contribution in [3.05, 3.63) is 29.6 Å². The molecule has 0 aromatic carbocycles. The Kier molecular flexibility index (Phi) is 4.15. The Morgan fingerprint density at radius 2 is 2.20 bits per heavy atom. The van der Waals surface area contributed by atoms with Gasteiger partial charge in [0.25, 0.3) is 0 Å². The zero-order valence-corrected chi connectivity index (χ0v) is 8.30. The third kappa shape index (κ3) is 3.27. The topological polar surface area (TPSA) is 39.2 Å². The molecule has 1 rings (SSSR count). The number of nitrogens with zero attached hydrogens (tertiary/aromatic N) is 1. The molecule has 0 aliphatic heterocycles. The summed E-state index contributed by atoms with van der Waals surface area (Å²) in [4.78, 5) is 14.1. The highest BCUT2D eigenvalue weighted by Gasteiger charge is 2.14. The Balaban J connectivity index is 2.65. The predicted octanol–water partition coefficient (Wildman–Crippen LogP) is 2.32. The summed E-state index contributed by atoms with van der Waals surface area (Å²) in [5.41, 5.74) is -0.340. The molecule has 0 radical (unpaired) electrons. The molecular weight excluding hydrogens is 204 g/mol. The lowest BCUT2D eigenvalue weighted by Gasteiger charge is -2.03. The maximum absolute atomic E-state index is 13.0. The Bertz CT molecular complexity index is 355. The monoisotopic (exact) mass is 215 g/mol. The van der Waals surface area contributed by atoms with E-state index in [4.69, 9.17) is 4.74 Å². The fourth-order valence-corrected chi connectivity index (χ4v) is 0.951. The van der Waals surface area contributed by atoms with Gasteiger partial charge in [0.2, 0.25) is 11.9 Å². The van der Waals surface area contributed by atoms with Crippen molar-refractivity contribution in [2.45, 2.75) is 19.8 Å². The average Bonchev–Trinajstić information content (AvgIpc) is 2.17. The fourth-order valence-electron chi connectivity index (χ4n) is 0.951. The van der Waals surface area contributed by atoms with Gasteiger partial charge < -0.3 is 4.74 Å². The molecule has 0 bridgehead atoms. The SMILES string of the molecule is CCCCOC(=O)c1ccc(F)nc1F. The largest absolute Gasteiger partial charge is 0.462 e. The van der Waals surface area contributed by atoms with Gasteiger partial charge >= 0.3 is 5.97 Å². The molecule has 1 heterocycles. The molecule has 15 heavy (non-hydrogen) atoms.